The molecule has 0 unspecified atom stereocenters. The van der Waals surface area contributed by atoms with Crippen LogP contribution >= 0.6 is 0 Å². The summed E-state index contributed by atoms with van der Waals surface area (Å²) < 4.78 is 253. The van der Waals surface area contributed by atoms with Crippen molar-refractivity contribution in [2.45, 2.75) is 0 Å². The van der Waals surface area contributed by atoms with Gasteiger partial charge in [-0.1, -0.05) is 0 Å². The minimum absolute atomic E-state index is 3.50. The minimum atomic E-state index is -4.67. The van der Waals surface area contributed by atoms with Crippen LogP contribution in [0.15, 0.2) is 0 Å². The quantitative estimate of drug-likeness (QED) is 0.0799. The molecule has 0 heterocycles. The third-order valence-corrected chi connectivity index (χ3v) is 0. The van der Waals surface area contributed by atoms with Crippen LogP contribution in [-0.4, -0.2) is 145 Å². The molecule has 0 aliphatic carbocycles. The highest BCUT2D eigenvalue weighted by atomic mass is 32.3. The maximum Gasteiger partial charge on any atom is 0.394 e. The molecular formula is H19NO33S8. The molecular weight excluding hydrogens is 799 g/mol. The van der Waals surface area contributed by atoms with Crippen molar-refractivity contribution in [3.05, 3.63) is 0 Å². The van der Waals surface area contributed by atoms with Gasteiger partial charge in [0.05, 0.1) is 0 Å². The van der Waals surface area contributed by atoms with Gasteiger partial charge in [-0.25, -0.2) is 5.90 Å². The van der Waals surface area contributed by atoms with Crippen LogP contribution in [0, 0.1) is 0 Å². The van der Waals surface area contributed by atoms with Gasteiger partial charge in [0.2, 0.25) is 0 Å². The van der Waals surface area contributed by atoms with E-state index in [1.54, 1.807) is 0 Å². The minimum Gasteiger partial charge on any atom is -0.320 e. The first-order chi connectivity index (χ1) is 17.0. The van der Waals surface area contributed by atoms with E-state index in [4.69, 9.17) is 145 Å². The van der Waals surface area contributed by atoms with Crippen LogP contribution in [0.25, 0.3) is 0 Å². The topological polar surface area (TPSA) is 643 Å². The van der Waals surface area contributed by atoms with Crippen molar-refractivity contribution in [2.24, 2.45) is 5.90 Å². The molecule has 0 aromatic heterocycles. The van der Waals surface area contributed by atoms with Gasteiger partial charge in [0.1, 0.15) is 0 Å². The summed E-state index contributed by atoms with van der Waals surface area (Å²) in [7, 11) is -37.3. The predicted molar refractivity (Wildman–Crippen MR) is 119 cm³/mol. The molecule has 34 nitrogen and oxygen atoms in total. The van der Waals surface area contributed by atoms with Crippen molar-refractivity contribution in [1.29, 1.82) is 0 Å². The van der Waals surface area contributed by atoms with Crippen molar-refractivity contribution in [1.82, 2.24) is 0 Å². The lowest BCUT2D eigenvalue weighted by molar-refractivity contribution is 0.311. The van der Waals surface area contributed by atoms with Gasteiger partial charge in [0, 0.05) is 0 Å². The number of rotatable bonds is 0. The fraction of sp³-hybridized carbons (Fsp3) is 0. The molecule has 0 aromatic carbocycles. The fourth-order valence-corrected chi connectivity index (χ4v) is 0. The molecule has 42 heteroatoms. The highest BCUT2D eigenvalue weighted by molar-refractivity contribution is 7.81. The first kappa shape index (κ1) is 64.0. The number of hydrogen-bond donors (Lipinski definition) is 18. The van der Waals surface area contributed by atoms with Gasteiger partial charge in [-0.2, -0.15) is 67.3 Å². The van der Waals surface area contributed by atoms with Crippen LogP contribution in [-0.2, 0) is 83.2 Å². The number of hydrogen-bond acceptors (Lipinski definition) is 18. The summed E-state index contributed by atoms with van der Waals surface area (Å²) in [6, 6.07) is 0. The summed E-state index contributed by atoms with van der Waals surface area (Å²) in [6.07, 6.45) is 0. The van der Waals surface area contributed by atoms with E-state index in [1.165, 1.54) is 0 Å². The van der Waals surface area contributed by atoms with Gasteiger partial charge in [-0.15, -0.1) is 0 Å². The van der Waals surface area contributed by atoms with Crippen molar-refractivity contribution < 1.29 is 145 Å². The van der Waals surface area contributed by atoms with Gasteiger partial charge >= 0.3 is 83.2 Å². The molecule has 0 aromatic rings. The molecule has 0 spiro atoms. The second-order valence-electron chi connectivity index (χ2n) is 3.58. The van der Waals surface area contributed by atoms with E-state index >= 15 is 0 Å². The lowest BCUT2D eigenvalue weighted by Crippen LogP contribution is -1.89. The molecule has 0 fully saturated rings. The summed E-state index contributed by atoms with van der Waals surface area (Å²) >= 11 is 0. The zero-order valence-corrected chi connectivity index (χ0v) is 24.5. The average Bonchev–Trinajstić information content (AvgIpc) is 2.32. The summed E-state index contributed by atoms with van der Waals surface area (Å²) in [5, 5.41) is 6.50. The smallest absolute Gasteiger partial charge is 0.320 e. The predicted octanol–water partition coefficient (Wildman–Crippen LogP) is -5.89. The highest BCUT2D eigenvalue weighted by Gasteiger charge is 1.87. The average molecular weight is 818 g/mol. The molecule has 0 saturated heterocycles. The molecule has 0 amide bonds. The summed E-state index contributed by atoms with van der Waals surface area (Å²) in [6.45, 7) is 0. The zero-order valence-electron chi connectivity index (χ0n) is 18.0. The van der Waals surface area contributed by atoms with Crippen LogP contribution in [0.3, 0.4) is 0 Å². The van der Waals surface area contributed by atoms with Crippen molar-refractivity contribution >= 4 is 83.2 Å². The molecule has 19 N–H and O–H groups in total. The van der Waals surface area contributed by atoms with Gasteiger partial charge in [-0.3, -0.25) is 72.8 Å². The van der Waals surface area contributed by atoms with Gasteiger partial charge in [-0.05, 0) is 0 Å². The Bertz CT molecular complexity index is 1060. The standard InChI is InChI=1S/H3NO.8H2O4S/c1-2;8*1-5(2,3)4/h2H,1H2;8*(H2,1,2,3,4). The van der Waals surface area contributed by atoms with Crippen LogP contribution in [0.5, 0.6) is 0 Å². The molecule has 0 bridgehead atoms. The van der Waals surface area contributed by atoms with E-state index in [0.717, 1.165) is 0 Å². The molecule has 42 heavy (non-hydrogen) atoms. The van der Waals surface area contributed by atoms with Crippen molar-refractivity contribution in [3.63, 3.8) is 0 Å². The SMILES string of the molecule is NO.O=S(=O)(O)O.O=S(=O)(O)O.O=S(=O)(O)O.O=S(=O)(O)O.O=S(=O)(O)O.O=S(=O)(O)O.O=S(=O)(O)O.O=S(=O)(O)O. The van der Waals surface area contributed by atoms with Crippen LogP contribution < -0.4 is 5.90 Å². The molecule has 0 rings (SSSR count). The summed E-state index contributed by atoms with van der Waals surface area (Å²) in [4.78, 5) is 0. The molecule has 0 aliphatic heterocycles. The Hall–Kier alpha value is -1.12. The molecule has 0 saturated carbocycles. The normalized spacial score (nSPS) is 11.2. The Kier molecular flexibility index (Phi) is 41.8. The first-order valence-electron chi connectivity index (χ1n) is 5.85. The molecule has 270 valence electrons. The molecule has 0 aliphatic rings. The third kappa shape index (κ3) is 44500. The monoisotopic (exact) mass is 817 g/mol. The molecule has 0 atom stereocenters. The van der Waals surface area contributed by atoms with E-state index in [2.05, 4.69) is 5.90 Å². The lowest BCUT2D eigenvalue weighted by atomic mass is 13.6. The van der Waals surface area contributed by atoms with E-state index in [-0.39, 0.29) is 0 Å². The lowest BCUT2D eigenvalue weighted by Gasteiger charge is -1.68. The maximum absolute atomic E-state index is 8.74. The van der Waals surface area contributed by atoms with Crippen molar-refractivity contribution in [2.75, 3.05) is 0 Å². The second-order valence-corrected chi connectivity index (χ2v) is 10.7. The Labute approximate surface area is 234 Å². The molecule has 0 radical (unpaired) electrons. The Morgan fingerprint density at radius 2 is 0.190 bits per heavy atom. The first-order valence-corrected chi connectivity index (χ1v) is 17.0. The maximum atomic E-state index is 8.74. The van der Waals surface area contributed by atoms with Gasteiger partial charge < -0.3 is 5.21 Å². The Morgan fingerprint density at radius 1 is 0.190 bits per heavy atom. The number of nitrogens with two attached hydrogens (primary N) is 1. The largest absolute Gasteiger partial charge is 0.394 e. The highest BCUT2D eigenvalue weighted by Crippen LogP contribution is 1.62. The second kappa shape index (κ2) is 27.4. The van der Waals surface area contributed by atoms with E-state index in [1.807, 2.05) is 0 Å². The van der Waals surface area contributed by atoms with Gasteiger partial charge in [0.25, 0.3) is 0 Å². The van der Waals surface area contributed by atoms with Crippen molar-refractivity contribution in [3.8, 4) is 0 Å². The van der Waals surface area contributed by atoms with E-state index in [9.17, 15) is 0 Å². The van der Waals surface area contributed by atoms with Gasteiger partial charge in [0.15, 0.2) is 0 Å². The van der Waals surface area contributed by atoms with E-state index < -0.39 is 83.2 Å². The van der Waals surface area contributed by atoms with Crippen LogP contribution in [0.2, 0.25) is 0 Å². The zero-order chi connectivity index (χ0) is 38.0. The van der Waals surface area contributed by atoms with Crippen LogP contribution in [0.4, 0.5) is 0 Å². The van der Waals surface area contributed by atoms with E-state index in [0.29, 0.717) is 0 Å². The van der Waals surface area contributed by atoms with Crippen LogP contribution in [0.1, 0.15) is 0 Å². The fourth-order valence-electron chi connectivity index (χ4n) is 0. The third-order valence-electron chi connectivity index (χ3n) is 0. The summed E-state index contributed by atoms with van der Waals surface area (Å²) in [5.41, 5.74) is 0. The Morgan fingerprint density at radius 3 is 0.190 bits per heavy atom. The summed E-state index contributed by atoms with van der Waals surface area (Å²) in [5.74, 6) is 3.50. The Balaban J connectivity index is -0.0000000420.